The molecule has 0 radical (unpaired) electrons. The van der Waals surface area contributed by atoms with Crippen molar-refractivity contribution >= 4 is 55.4 Å². The van der Waals surface area contributed by atoms with Crippen LogP contribution in [0.15, 0.2) is 22.5 Å². The molecule has 0 fully saturated rings. The Kier molecular flexibility index (Phi) is 4.30. The highest BCUT2D eigenvalue weighted by molar-refractivity contribution is 7.94. The van der Waals surface area contributed by atoms with Gasteiger partial charge in [-0.15, -0.1) is 10.2 Å². The van der Waals surface area contributed by atoms with Gasteiger partial charge in [0, 0.05) is 12.6 Å². The van der Waals surface area contributed by atoms with Crippen LogP contribution in [-0.4, -0.2) is 24.5 Å². The number of hydrogen-bond acceptors (Lipinski definition) is 7. The molecule has 0 bridgehead atoms. The number of rotatable bonds is 4. The summed E-state index contributed by atoms with van der Waals surface area (Å²) in [5.41, 5.74) is 6.11. The summed E-state index contributed by atoms with van der Waals surface area (Å²) in [6, 6.07) is 4.36. The predicted octanol–water partition coefficient (Wildman–Crippen LogP) is 1.53. The maximum atomic E-state index is 12.1. The van der Waals surface area contributed by atoms with Crippen molar-refractivity contribution in [2.75, 3.05) is 15.8 Å². The van der Waals surface area contributed by atoms with Gasteiger partial charge in [-0.1, -0.05) is 22.9 Å². The largest absolute Gasteiger partial charge is 0.399 e. The highest BCUT2D eigenvalue weighted by atomic mass is 35.5. The van der Waals surface area contributed by atoms with E-state index in [4.69, 9.17) is 17.3 Å². The van der Waals surface area contributed by atoms with Gasteiger partial charge in [0.05, 0.1) is 10.7 Å². The zero-order valence-electron chi connectivity index (χ0n) is 10.6. The lowest BCUT2D eigenvalue weighted by Crippen LogP contribution is -2.13. The Morgan fingerprint density at radius 2 is 2.10 bits per heavy atom. The van der Waals surface area contributed by atoms with E-state index in [1.165, 1.54) is 25.1 Å². The maximum absolute atomic E-state index is 12.1. The number of nitrogens with zero attached hydrogens (tertiary/aromatic N) is 2. The summed E-state index contributed by atoms with van der Waals surface area (Å²) in [5.74, 6) is -0.371. The standard InChI is InChI=1S/C10H10ClN5O3S2/c1-5(17)13-9-14-15-10(20-9)21(18,19)16-8-3-2-6(12)4-7(8)11/h2-4,16H,12H2,1H3,(H,13,14,17). The van der Waals surface area contributed by atoms with E-state index in [0.717, 1.165) is 11.3 Å². The number of carbonyl (C=O) groups excluding carboxylic acids is 1. The van der Waals surface area contributed by atoms with E-state index < -0.39 is 10.0 Å². The Hall–Kier alpha value is -1.91. The Morgan fingerprint density at radius 1 is 1.38 bits per heavy atom. The van der Waals surface area contributed by atoms with Crippen LogP contribution in [0.2, 0.25) is 5.02 Å². The molecule has 0 atom stereocenters. The van der Waals surface area contributed by atoms with Crippen LogP contribution in [0.25, 0.3) is 0 Å². The molecule has 1 aromatic carbocycles. The highest BCUT2D eigenvalue weighted by Crippen LogP contribution is 2.28. The van der Waals surface area contributed by atoms with Crippen LogP contribution < -0.4 is 15.8 Å². The van der Waals surface area contributed by atoms with Crippen LogP contribution in [0.3, 0.4) is 0 Å². The minimum Gasteiger partial charge on any atom is -0.399 e. The fourth-order valence-corrected chi connectivity index (χ4v) is 3.64. The number of amides is 1. The maximum Gasteiger partial charge on any atom is 0.291 e. The lowest BCUT2D eigenvalue weighted by molar-refractivity contribution is -0.114. The van der Waals surface area contributed by atoms with E-state index in [2.05, 4.69) is 20.2 Å². The topological polar surface area (TPSA) is 127 Å². The van der Waals surface area contributed by atoms with Crippen LogP contribution in [0, 0.1) is 0 Å². The van der Waals surface area contributed by atoms with Crippen molar-refractivity contribution in [1.82, 2.24) is 10.2 Å². The number of nitrogens with two attached hydrogens (primary N) is 1. The zero-order chi connectivity index (χ0) is 15.6. The molecule has 1 heterocycles. The molecular formula is C10H10ClN5O3S2. The van der Waals surface area contributed by atoms with E-state index in [1.807, 2.05) is 0 Å². The molecule has 0 aliphatic heterocycles. The number of hydrogen-bond donors (Lipinski definition) is 3. The molecule has 0 saturated carbocycles. The molecule has 2 rings (SSSR count). The Balaban J connectivity index is 2.25. The van der Waals surface area contributed by atoms with E-state index in [0.29, 0.717) is 5.69 Å². The molecule has 1 amide bonds. The SMILES string of the molecule is CC(=O)Nc1nnc(S(=O)(=O)Nc2ccc(N)cc2Cl)s1. The van der Waals surface area contributed by atoms with Crippen LogP contribution in [0.1, 0.15) is 6.92 Å². The third-order valence-electron chi connectivity index (χ3n) is 2.16. The van der Waals surface area contributed by atoms with Gasteiger partial charge >= 0.3 is 0 Å². The summed E-state index contributed by atoms with van der Waals surface area (Å²) in [6.07, 6.45) is 0. The zero-order valence-corrected chi connectivity index (χ0v) is 13.0. The summed E-state index contributed by atoms with van der Waals surface area (Å²) in [7, 11) is -3.95. The summed E-state index contributed by atoms with van der Waals surface area (Å²) < 4.78 is 26.2. The van der Waals surface area contributed by atoms with Gasteiger partial charge in [0.1, 0.15) is 0 Å². The smallest absolute Gasteiger partial charge is 0.291 e. The van der Waals surface area contributed by atoms with Gasteiger partial charge in [0.2, 0.25) is 11.0 Å². The van der Waals surface area contributed by atoms with E-state index >= 15 is 0 Å². The minimum atomic E-state index is -3.95. The second-order valence-corrected chi connectivity index (χ2v) is 7.14. The molecule has 0 aliphatic rings. The Labute approximate surface area is 129 Å². The molecule has 0 saturated heterocycles. The first-order valence-electron chi connectivity index (χ1n) is 5.47. The predicted molar refractivity (Wildman–Crippen MR) is 80.9 cm³/mol. The number of sulfonamides is 1. The second kappa shape index (κ2) is 5.84. The van der Waals surface area contributed by atoms with Gasteiger partial charge in [0.25, 0.3) is 14.4 Å². The third-order valence-corrected chi connectivity index (χ3v) is 5.04. The number of benzene rings is 1. The van der Waals surface area contributed by atoms with Gasteiger partial charge < -0.3 is 11.1 Å². The number of halogens is 1. The molecule has 0 unspecified atom stereocenters. The average molecular weight is 348 g/mol. The second-order valence-electron chi connectivity index (χ2n) is 3.90. The minimum absolute atomic E-state index is 0.0891. The first kappa shape index (κ1) is 15.5. The molecule has 2 aromatic rings. The van der Waals surface area contributed by atoms with Crippen LogP contribution >= 0.6 is 22.9 Å². The van der Waals surface area contributed by atoms with Gasteiger partial charge in [0.15, 0.2) is 0 Å². The fourth-order valence-electron chi connectivity index (χ4n) is 1.32. The number of nitrogens with one attached hydrogen (secondary N) is 2. The number of carbonyl (C=O) groups is 1. The van der Waals surface area contributed by atoms with Crippen molar-refractivity contribution in [2.24, 2.45) is 0 Å². The Morgan fingerprint density at radius 3 is 2.71 bits per heavy atom. The molecule has 11 heteroatoms. The molecule has 0 aliphatic carbocycles. The lowest BCUT2D eigenvalue weighted by Gasteiger charge is -2.07. The summed E-state index contributed by atoms with van der Waals surface area (Å²) in [5, 5.41) is 9.68. The number of nitrogen functional groups attached to an aromatic ring is 1. The summed E-state index contributed by atoms with van der Waals surface area (Å²) in [4.78, 5) is 10.9. The third kappa shape index (κ3) is 3.80. The van der Waals surface area contributed by atoms with Gasteiger partial charge in [-0.2, -0.15) is 8.42 Å². The van der Waals surface area contributed by atoms with E-state index in [-0.39, 0.29) is 26.1 Å². The monoisotopic (exact) mass is 347 g/mol. The van der Waals surface area contributed by atoms with E-state index in [9.17, 15) is 13.2 Å². The molecule has 21 heavy (non-hydrogen) atoms. The summed E-state index contributed by atoms with van der Waals surface area (Å²) in [6.45, 7) is 1.28. The van der Waals surface area contributed by atoms with Crippen LogP contribution in [0.4, 0.5) is 16.5 Å². The van der Waals surface area contributed by atoms with Crippen molar-refractivity contribution in [3.8, 4) is 0 Å². The van der Waals surface area contributed by atoms with Gasteiger partial charge in [-0.3, -0.25) is 9.52 Å². The molecule has 4 N–H and O–H groups in total. The van der Waals surface area contributed by atoms with E-state index in [1.54, 1.807) is 0 Å². The lowest BCUT2D eigenvalue weighted by atomic mass is 10.3. The van der Waals surface area contributed by atoms with Crippen LogP contribution in [-0.2, 0) is 14.8 Å². The van der Waals surface area contributed by atoms with Gasteiger partial charge in [-0.05, 0) is 18.2 Å². The number of aromatic nitrogens is 2. The van der Waals surface area contributed by atoms with Gasteiger partial charge in [-0.25, -0.2) is 0 Å². The molecule has 0 spiro atoms. The van der Waals surface area contributed by atoms with Crippen molar-refractivity contribution in [1.29, 1.82) is 0 Å². The van der Waals surface area contributed by atoms with Crippen LogP contribution in [0.5, 0.6) is 0 Å². The molecule has 8 nitrogen and oxygen atoms in total. The fraction of sp³-hybridized carbons (Fsp3) is 0.100. The molecule has 1 aromatic heterocycles. The first-order chi connectivity index (χ1) is 9.78. The number of anilines is 3. The first-order valence-corrected chi connectivity index (χ1v) is 8.14. The molecule has 112 valence electrons. The summed E-state index contributed by atoms with van der Waals surface area (Å²) >= 11 is 6.62. The van der Waals surface area contributed by atoms with Crippen molar-refractivity contribution < 1.29 is 13.2 Å². The average Bonchev–Trinajstić information content (AvgIpc) is 2.81. The molecular weight excluding hydrogens is 338 g/mol. The Bertz CT molecular complexity index is 790. The normalized spacial score (nSPS) is 11.1. The van der Waals surface area contributed by atoms with Crippen molar-refractivity contribution in [3.05, 3.63) is 23.2 Å². The van der Waals surface area contributed by atoms with Crippen molar-refractivity contribution in [2.45, 2.75) is 11.3 Å². The van der Waals surface area contributed by atoms with Crippen molar-refractivity contribution in [3.63, 3.8) is 0 Å². The highest BCUT2D eigenvalue weighted by Gasteiger charge is 2.21. The quantitative estimate of drug-likeness (QED) is 0.568.